The quantitative estimate of drug-likeness (QED) is 0.640. The fraction of sp³-hybridized carbons (Fsp3) is 0.125. The van der Waals surface area contributed by atoms with Crippen LogP contribution >= 0.6 is 0 Å². The van der Waals surface area contributed by atoms with Crippen molar-refractivity contribution in [1.82, 2.24) is 9.38 Å². The smallest absolute Gasteiger partial charge is 0.205 e. The molecule has 0 aliphatic carbocycles. The van der Waals surface area contributed by atoms with Crippen LogP contribution in [0, 0.1) is 12.7 Å². The van der Waals surface area contributed by atoms with Crippen LogP contribution in [0.3, 0.4) is 0 Å². The standard InChI is InChI=1S/C8H8FN3/c1-5-7-6(9)3-2-4-12(7)8(10)11-5/h2-4H,1H3,(H2,10,11). The summed E-state index contributed by atoms with van der Waals surface area (Å²) in [5.74, 6) is 0.0289. The van der Waals surface area contributed by atoms with Crippen LogP contribution in [0.4, 0.5) is 10.3 Å². The number of hydrogen-bond donors (Lipinski definition) is 1. The molecular weight excluding hydrogens is 157 g/mol. The Bertz CT molecular complexity index is 433. The van der Waals surface area contributed by atoms with Crippen molar-refractivity contribution in [3.63, 3.8) is 0 Å². The van der Waals surface area contributed by atoms with Crippen molar-refractivity contribution in [2.45, 2.75) is 6.92 Å². The van der Waals surface area contributed by atoms with Gasteiger partial charge in [-0.15, -0.1) is 0 Å². The van der Waals surface area contributed by atoms with Crippen molar-refractivity contribution in [1.29, 1.82) is 0 Å². The highest BCUT2D eigenvalue weighted by Crippen LogP contribution is 2.16. The van der Waals surface area contributed by atoms with Gasteiger partial charge in [-0.1, -0.05) is 0 Å². The highest BCUT2D eigenvalue weighted by Gasteiger charge is 2.07. The molecule has 0 bridgehead atoms. The minimum absolute atomic E-state index is 0.292. The summed E-state index contributed by atoms with van der Waals surface area (Å²) in [5, 5.41) is 0. The Morgan fingerprint density at radius 3 is 3.00 bits per heavy atom. The van der Waals surface area contributed by atoms with Gasteiger partial charge >= 0.3 is 0 Å². The van der Waals surface area contributed by atoms with E-state index in [2.05, 4.69) is 4.98 Å². The van der Waals surface area contributed by atoms with Crippen molar-refractivity contribution < 1.29 is 4.39 Å². The predicted octanol–water partition coefficient (Wildman–Crippen LogP) is 1.36. The molecule has 4 heteroatoms. The van der Waals surface area contributed by atoms with Gasteiger partial charge < -0.3 is 5.73 Å². The summed E-state index contributed by atoms with van der Waals surface area (Å²) in [6, 6.07) is 2.99. The minimum atomic E-state index is -0.292. The molecule has 62 valence electrons. The summed E-state index contributed by atoms with van der Waals surface area (Å²) in [4.78, 5) is 3.95. The Morgan fingerprint density at radius 1 is 1.58 bits per heavy atom. The highest BCUT2D eigenvalue weighted by molar-refractivity contribution is 5.57. The van der Waals surface area contributed by atoms with Crippen LogP contribution < -0.4 is 5.73 Å². The van der Waals surface area contributed by atoms with Crippen molar-refractivity contribution >= 4 is 11.5 Å². The molecule has 0 fully saturated rings. The number of fused-ring (bicyclic) bond motifs is 1. The van der Waals surface area contributed by atoms with Crippen molar-refractivity contribution in [2.24, 2.45) is 0 Å². The number of rotatable bonds is 0. The Balaban J connectivity index is 2.99. The first-order chi connectivity index (χ1) is 5.70. The Morgan fingerprint density at radius 2 is 2.33 bits per heavy atom. The van der Waals surface area contributed by atoms with Crippen LogP contribution in [0.25, 0.3) is 5.52 Å². The zero-order chi connectivity index (χ0) is 8.72. The molecule has 0 radical (unpaired) electrons. The summed E-state index contributed by atoms with van der Waals surface area (Å²) in [6.07, 6.45) is 1.69. The summed E-state index contributed by atoms with van der Waals surface area (Å²) >= 11 is 0. The molecule has 0 atom stereocenters. The second-order valence-electron chi connectivity index (χ2n) is 2.63. The van der Waals surface area contributed by atoms with Crippen LogP contribution in [0.2, 0.25) is 0 Å². The van der Waals surface area contributed by atoms with Crippen LogP contribution in [0.15, 0.2) is 18.3 Å². The van der Waals surface area contributed by atoms with Gasteiger partial charge in [0.1, 0.15) is 11.3 Å². The summed E-state index contributed by atoms with van der Waals surface area (Å²) in [6.45, 7) is 1.73. The lowest BCUT2D eigenvalue weighted by atomic mass is 10.3. The van der Waals surface area contributed by atoms with Gasteiger partial charge in [-0.25, -0.2) is 9.37 Å². The molecule has 0 aliphatic rings. The second kappa shape index (κ2) is 2.20. The third kappa shape index (κ3) is 0.777. The first-order valence-corrected chi connectivity index (χ1v) is 3.59. The molecule has 12 heavy (non-hydrogen) atoms. The maximum absolute atomic E-state index is 13.1. The minimum Gasteiger partial charge on any atom is -0.369 e. The highest BCUT2D eigenvalue weighted by atomic mass is 19.1. The lowest BCUT2D eigenvalue weighted by Crippen LogP contribution is -1.93. The SMILES string of the molecule is Cc1nc(N)n2cccc(F)c12. The van der Waals surface area contributed by atoms with Crippen LogP contribution in [0.1, 0.15) is 5.69 Å². The van der Waals surface area contributed by atoms with E-state index in [-0.39, 0.29) is 5.82 Å². The summed E-state index contributed by atoms with van der Waals surface area (Å²) in [7, 11) is 0. The topological polar surface area (TPSA) is 43.3 Å². The van der Waals surface area contributed by atoms with Gasteiger partial charge in [0, 0.05) is 6.20 Å². The van der Waals surface area contributed by atoms with E-state index in [9.17, 15) is 4.39 Å². The third-order valence-electron chi connectivity index (χ3n) is 1.82. The fourth-order valence-corrected chi connectivity index (χ4v) is 1.30. The normalized spacial score (nSPS) is 10.8. The van der Waals surface area contributed by atoms with Crippen LogP contribution in [0.5, 0.6) is 0 Å². The zero-order valence-electron chi connectivity index (χ0n) is 6.58. The molecule has 0 saturated heterocycles. The van der Waals surface area contributed by atoms with E-state index in [1.807, 2.05) is 0 Å². The molecule has 0 spiro atoms. The monoisotopic (exact) mass is 165 g/mol. The van der Waals surface area contributed by atoms with Crippen molar-refractivity contribution in [3.05, 3.63) is 29.8 Å². The molecule has 3 nitrogen and oxygen atoms in total. The molecule has 2 heterocycles. The number of halogens is 1. The number of aromatic nitrogens is 2. The third-order valence-corrected chi connectivity index (χ3v) is 1.82. The van der Waals surface area contributed by atoms with Gasteiger partial charge in [0.05, 0.1) is 5.69 Å². The van der Waals surface area contributed by atoms with E-state index in [0.29, 0.717) is 17.2 Å². The number of aryl methyl sites for hydroxylation is 1. The maximum Gasteiger partial charge on any atom is 0.205 e. The molecule has 2 aromatic heterocycles. The van der Waals surface area contributed by atoms with E-state index in [0.717, 1.165) is 0 Å². The Labute approximate surface area is 68.6 Å². The van der Waals surface area contributed by atoms with Gasteiger partial charge in [0.15, 0.2) is 0 Å². The molecule has 0 aliphatic heterocycles. The Hall–Kier alpha value is -1.58. The average Bonchev–Trinajstić information content (AvgIpc) is 2.29. The molecular formula is C8H8FN3. The van der Waals surface area contributed by atoms with E-state index in [1.165, 1.54) is 10.5 Å². The molecule has 2 aromatic rings. The fourth-order valence-electron chi connectivity index (χ4n) is 1.30. The van der Waals surface area contributed by atoms with E-state index in [4.69, 9.17) is 5.73 Å². The first-order valence-electron chi connectivity index (χ1n) is 3.59. The largest absolute Gasteiger partial charge is 0.369 e. The molecule has 0 aromatic carbocycles. The molecule has 2 N–H and O–H groups in total. The van der Waals surface area contributed by atoms with Gasteiger partial charge in [-0.2, -0.15) is 0 Å². The number of nitrogens with zero attached hydrogens (tertiary/aromatic N) is 2. The van der Waals surface area contributed by atoms with Gasteiger partial charge in [0.25, 0.3) is 0 Å². The number of anilines is 1. The first kappa shape index (κ1) is 7.09. The molecule has 0 unspecified atom stereocenters. The van der Waals surface area contributed by atoms with E-state index >= 15 is 0 Å². The number of nitrogen functional groups attached to an aromatic ring is 1. The summed E-state index contributed by atoms with van der Waals surface area (Å²) in [5.41, 5.74) is 6.60. The van der Waals surface area contributed by atoms with Gasteiger partial charge in [-0.3, -0.25) is 4.40 Å². The van der Waals surface area contributed by atoms with Crippen molar-refractivity contribution in [2.75, 3.05) is 5.73 Å². The maximum atomic E-state index is 13.1. The van der Waals surface area contributed by atoms with E-state index < -0.39 is 0 Å². The van der Waals surface area contributed by atoms with E-state index in [1.54, 1.807) is 19.2 Å². The molecule has 2 rings (SSSR count). The number of nitrogens with two attached hydrogens (primary N) is 1. The van der Waals surface area contributed by atoms with Crippen LogP contribution in [-0.2, 0) is 0 Å². The predicted molar refractivity (Wildman–Crippen MR) is 44.3 cm³/mol. The lowest BCUT2D eigenvalue weighted by molar-refractivity contribution is 0.633. The van der Waals surface area contributed by atoms with Crippen LogP contribution in [-0.4, -0.2) is 9.38 Å². The lowest BCUT2D eigenvalue weighted by Gasteiger charge is -1.95. The van der Waals surface area contributed by atoms with Gasteiger partial charge in [-0.05, 0) is 19.1 Å². The van der Waals surface area contributed by atoms with Crippen molar-refractivity contribution in [3.8, 4) is 0 Å². The molecule has 0 amide bonds. The summed E-state index contributed by atoms with van der Waals surface area (Å²) < 4.78 is 14.7. The number of pyridine rings is 1. The zero-order valence-corrected chi connectivity index (χ0v) is 6.58. The molecule has 0 saturated carbocycles. The Kier molecular flexibility index (Phi) is 1.30. The average molecular weight is 165 g/mol. The second-order valence-corrected chi connectivity index (χ2v) is 2.63. The number of imidazole rings is 1. The number of hydrogen-bond acceptors (Lipinski definition) is 2. The van der Waals surface area contributed by atoms with Gasteiger partial charge in [0.2, 0.25) is 5.95 Å².